The number of aromatic nitrogens is 2. The maximum Gasteiger partial charge on any atom is 0.274 e. The molecule has 0 aliphatic carbocycles. The standard InChI is InChI=1S/C29H35N3O4S/c1-9-12-35-27(18(3)10-2)21-14-20-24(15-23(21)34-8)36-16-22-25(28(33)31(7)29(4,5)6)30-32(26(20)22)19-11-13-37-17-19/h9,11-15,17H,10,16H2,1-8H3/b12-9-,27-18+. The number of ether oxygens (including phenoxy) is 3. The molecule has 0 spiro atoms. The third kappa shape index (κ3) is 4.90. The van der Waals surface area contributed by atoms with Gasteiger partial charge < -0.3 is 19.1 Å². The van der Waals surface area contributed by atoms with Crippen LogP contribution >= 0.6 is 11.3 Å². The van der Waals surface area contributed by atoms with Crippen LogP contribution in [-0.2, 0) is 11.3 Å². The van der Waals surface area contributed by atoms with Gasteiger partial charge in [0.15, 0.2) is 5.69 Å². The maximum atomic E-state index is 13.6. The zero-order valence-electron chi connectivity index (χ0n) is 22.8. The van der Waals surface area contributed by atoms with Crippen molar-refractivity contribution in [3.05, 3.63) is 63.7 Å². The van der Waals surface area contributed by atoms with E-state index < -0.39 is 0 Å². The number of thiophene rings is 1. The number of carbonyl (C=O) groups excluding carboxylic acids is 1. The summed E-state index contributed by atoms with van der Waals surface area (Å²) in [5, 5.41) is 8.88. The summed E-state index contributed by atoms with van der Waals surface area (Å²) in [5.41, 5.74) is 5.28. The fourth-order valence-corrected chi connectivity index (χ4v) is 4.73. The number of nitrogens with zero attached hydrogens (tertiary/aromatic N) is 3. The van der Waals surface area contributed by atoms with Crippen molar-refractivity contribution in [2.75, 3.05) is 14.2 Å². The lowest BCUT2D eigenvalue weighted by atomic mass is 9.96. The van der Waals surface area contributed by atoms with Crippen molar-refractivity contribution in [3.63, 3.8) is 0 Å². The molecule has 3 aromatic rings. The van der Waals surface area contributed by atoms with Crippen LogP contribution in [0, 0.1) is 0 Å². The molecule has 0 atom stereocenters. The first-order valence-electron chi connectivity index (χ1n) is 12.4. The summed E-state index contributed by atoms with van der Waals surface area (Å²) in [4.78, 5) is 15.3. The van der Waals surface area contributed by atoms with Crippen LogP contribution < -0.4 is 9.47 Å². The molecule has 196 valence electrons. The molecule has 0 unspecified atom stereocenters. The molecule has 0 radical (unpaired) electrons. The summed E-state index contributed by atoms with van der Waals surface area (Å²) in [6.07, 6.45) is 4.34. The summed E-state index contributed by atoms with van der Waals surface area (Å²) in [7, 11) is 3.45. The summed E-state index contributed by atoms with van der Waals surface area (Å²) in [6.45, 7) is 12.3. The normalized spacial score (nSPS) is 13.5. The van der Waals surface area contributed by atoms with E-state index in [4.69, 9.17) is 19.3 Å². The van der Waals surface area contributed by atoms with E-state index in [1.165, 1.54) is 0 Å². The molecule has 1 amide bonds. The van der Waals surface area contributed by atoms with Crippen LogP contribution in [0.15, 0.2) is 46.9 Å². The van der Waals surface area contributed by atoms with Crippen LogP contribution in [0.2, 0.25) is 0 Å². The van der Waals surface area contributed by atoms with Gasteiger partial charge in [0.2, 0.25) is 0 Å². The van der Waals surface area contributed by atoms with Gasteiger partial charge >= 0.3 is 0 Å². The van der Waals surface area contributed by atoms with Crippen molar-refractivity contribution >= 4 is 23.0 Å². The highest BCUT2D eigenvalue weighted by Gasteiger charge is 2.35. The fraction of sp³-hybridized carbons (Fsp3) is 0.379. The second-order valence-corrected chi connectivity index (χ2v) is 10.8. The highest BCUT2D eigenvalue weighted by atomic mass is 32.1. The summed E-state index contributed by atoms with van der Waals surface area (Å²) >= 11 is 1.58. The highest BCUT2D eigenvalue weighted by molar-refractivity contribution is 7.08. The van der Waals surface area contributed by atoms with Crippen LogP contribution in [0.5, 0.6) is 11.5 Å². The first-order chi connectivity index (χ1) is 17.6. The third-order valence-corrected chi connectivity index (χ3v) is 7.33. The number of methoxy groups -OCH3 is 1. The van der Waals surface area contributed by atoms with Gasteiger partial charge in [0.25, 0.3) is 5.91 Å². The molecule has 0 saturated heterocycles. The number of hydrogen-bond donors (Lipinski definition) is 0. The second-order valence-electron chi connectivity index (χ2n) is 9.99. The third-order valence-electron chi connectivity index (χ3n) is 6.66. The number of benzene rings is 1. The quantitative estimate of drug-likeness (QED) is 0.311. The molecule has 1 aromatic carbocycles. The molecule has 4 rings (SSSR count). The summed E-state index contributed by atoms with van der Waals surface area (Å²) < 4.78 is 19.9. The van der Waals surface area contributed by atoms with Gasteiger partial charge in [0, 0.05) is 35.2 Å². The van der Waals surface area contributed by atoms with E-state index in [9.17, 15) is 4.79 Å². The Balaban J connectivity index is 1.99. The Morgan fingerprint density at radius 2 is 2.08 bits per heavy atom. The molecule has 0 N–H and O–H groups in total. The SMILES string of the molecule is C/C=C\O/C(=C(\C)CC)c1cc2c(cc1OC)OCc1c(C(=O)N(C)C(C)(C)C)nn(-c3ccsc3)c1-2. The first-order valence-corrected chi connectivity index (χ1v) is 13.3. The molecule has 1 aliphatic heterocycles. The van der Waals surface area contributed by atoms with Crippen molar-refractivity contribution in [2.24, 2.45) is 0 Å². The zero-order valence-corrected chi connectivity index (χ0v) is 23.7. The Kier molecular flexibility index (Phi) is 7.50. The number of fused-ring (bicyclic) bond motifs is 3. The van der Waals surface area contributed by atoms with Gasteiger partial charge in [-0.2, -0.15) is 16.4 Å². The predicted molar refractivity (Wildman–Crippen MR) is 148 cm³/mol. The Labute approximate surface area is 223 Å². The lowest BCUT2D eigenvalue weighted by Crippen LogP contribution is -2.43. The minimum Gasteiger partial charge on any atom is -0.496 e. The number of rotatable bonds is 7. The number of allylic oxidation sites excluding steroid dienone is 2. The highest BCUT2D eigenvalue weighted by Crippen LogP contribution is 2.46. The van der Waals surface area contributed by atoms with E-state index in [0.29, 0.717) is 17.2 Å². The minimum absolute atomic E-state index is 0.141. The van der Waals surface area contributed by atoms with Crippen LogP contribution in [-0.4, -0.2) is 40.3 Å². The zero-order chi connectivity index (χ0) is 26.9. The van der Waals surface area contributed by atoms with Crippen molar-refractivity contribution in [1.29, 1.82) is 0 Å². The van der Waals surface area contributed by atoms with Crippen LogP contribution in [0.25, 0.3) is 22.7 Å². The van der Waals surface area contributed by atoms with Crippen molar-refractivity contribution in [3.8, 4) is 28.4 Å². The first kappa shape index (κ1) is 26.5. The molecule has 8 heteroatoms. The second kappa shape index (κ2) is 10.5. The molecule has 1 aliphatic rings. The lowest BCUT2D eigenvalue weighted by Gasteiger charge is -2.31. The van der Waals surface area contributed by atoms with Crippen molar-refractivity contribution < 1.29 is 19.0 Å². The van der Waals surface area contributed by atoms with Gasteiger partial charge in [-0.15, -0.1) is 0 Å². The van der Waals surface area contributed by atoms with Gasteiger partial charge in [-0.3, -0.25) is 4.79 Å². The topological polar surface area (TPSA) is 65.8 Å². The molecule has 0 bridgehead atoms. The minimum atomic E-state index is -0.356. The van der Waals surface area contributed by atoms with Crippen LogP contribution in [0.4, 0.5) is 0 Å². The molecule has 2 aromatic heterocycles. The Hall–Kier alpha value is -3.52. The number of hydrogen-bond acceptors (Lipinski definition) is 6. The fourth-order valence-electron chi connectivity index (χ4n) is 4.12. The molecule has 7 nitrogen and oxygen atoms in total. The molecule has 0 fully saturated rings. The molecule has 3 heterocycles. The summed E-state index contributed by atoms with van der Waals surface area (Å²) in [6, 6.07) is 5.92. The lowest BCUT2D eigenvalue weighted by molar-refractivity contribution is 0.0646. The van der Waals surface area contributed by atoms with Gasteiger partial charge in [0.05, 0.1) is 30.3 Å². The van der Waals surface area contributed by atoms with E-state index in [0.717, 1.165) is 45.8 Å². The van der Waals surface area contributed by atoms with E-state index in [1.807, 2.05) is 81.4 Å². The number of carbonyl (C=O) groups is 1. The van der Waals surface area contributed by atoms with Crippen molar-refractivity contribution in [1.82, 2.24) is 14.7 Å². The Morgan fingerprint density at radius 1 is 1.32 bits per heavy atom. The predicted octanol–water partition coefficient (Wildman–Crippen LogP) is 7.06. The van der Waals surface area contributed by atoms with Crippen LogP contribution in [0.3, 0.4) is 0 Å². The van der Waals surface area contributed by atoms with E-state index in [1.54, 1.807) is 29.6 Å². The average Bonchev–Trinajstić information content (AvgIpc) is 3.55. The van der Waals surface area contributed by atoms with E-state index in [2.05, 4.69) is 6.92 Å². The van der Waals surface area contributed by atoms with Gasteiger partial charge in [-0.05, 0) is 64.1 Å². The maximum absolute atomic E-state index is 13.6. The monoisotopic (exact) mass is 521 g/mol. The van der Waals surface area contributed by atoms with Crippen LogP contribution in [0.1, 0.15) is 69.6 Å². The Bertz CT molecular complexity index is 1360. The molecule has 0 saturated carbocycles. The molecular formula is C29H35N3O4S. The van der Waals surface area contributed by atoms with Gasteiger partial charge in [-0.25, -0.2) is 4.68 Å². The number of amides is 1. The van der Waals surface area contributed by atoms with Crippen molar-refractivity contribution in [2.45, 2.75) is 60.1 Å². The smallest absolute Gasteiger partial charge is 0.274 e. The van der Waals surface area contributed by atoms with E-state index in [-0.39, 0.29) is 18.1 Å². The molecule has 37 heavy (non-hydrogen) atoms. The average molecular weight is 522 g/mol. The summed E-state index contributed by atoms with van der Waals surface area (Å²) in [5.74, 6) is 1.92. The molecular weight excluding hydrogens is 486 g/mol. The van der Waals surface area contributed by atoms with E-state index >= 15 is 0 Å². The van der Waals surface area contributed by atoms with Gasteiger partial charge in [0.1, 0.15) is 23.9 Å². The van der Waals surface area contributed by atoms with Gasteiger partial charge in [-0.1, -0.05) is 13.0 Å². The Morgan fingerprint density at radius 3 is 2.68 bits per heavy atom. The largest absolute Gasteiger partial charge is 0.496 e.